The van der Waals surface area contributed by atoms with Crippen LogP contribution in [0.1, 0.15) is 104 Å². The maximum atomic E-state index is 12.9. The van der Waals surface area contributed by atoms with Gasteiger partial charge in [0.15, 0.2) is 18.7 Å². The number of aliphatic hydroxyl groups is 7. The van der Waals surface area contributed by atoms with Crippen LogP contribution < -0.4 is 0 Å². The van der Waals surface area contributed by atoms with Crippen molar-refractivity contribution in [3.8, 4) is 0 Å². The van der Waals surface area contributed by atoms with Crippen LogP contribution in [-0.2, 0) is 38.0 Å². The van der Waals surface area contributed by atoms with Crippen molar-refractivity contribution in [3.05, 3.63) is 85.1 Å². The molecule has 2 aliphatic rings. The predicted octanol–water partition coefficient (Wildman–Crippen LogP) is 4.48. The molecule has 11 atom stereocenters. The first kappa shape index (κ1) is 54.8. The zero-order chi connectivity index (χ0) is 45.4. The van der Waals surface area contributed by atoms with E-state index in [4.69, 9.17) is 28.4 Å². The highest BCUT2D eigenvalue weighted by molar-refractivity contribution is 5.70. The Labute approximate surface area is 367 Å². The summed E-state index contributed by atoms with van der Waals surface area (Å²) in [6.45, 7) is 2.19. The standard InChI is InChI=1S/C47H74O15/c1-3-5-7-9-11-13-15-17-19-21-23-25-27-29-38(49)57-32-35(60-39(50)30-28-26-24-22-20-18-16-14-12-10-8-6-4-2)33-58-46-45(56)43(54)41(52)37(62-46)34-59-47-44(55)42(53)40(51)36(31-48)61-47/h5-17,19,35-37,40-48,51-56H,3-4,18,20-34H2,1-2H3/b7-5+,8-6+,11-9+,12-10+,15-13+,16-14+,19-17+/t35?,36-,37-,40+,41+,42?,43?,44?,45?,46-,47-/m1/s1. The highest BCUT2D eigenvalue weighted by Crippen LogP contribution is 2.26. The molecular weight excluding hydrogens is 805 g/mol. The lowest BCUT2D eigenvalue weighted by Gasteiger charge is -2.42. The van der Waals surface area contributed by atoms with E-state index in [9.17, 15) is 45.3 Å². The van der Waals surface area contributed by atoms with E-state index < -0.39 is 99.3 Å². The van der Waals surface area contributed by atoms with E-state index in [2.05, 4.69) is 38.2 Å². The number of carbonyl (C=O) groups is 2. The van der Waals surface area contributed by atoms with Gasteiger partial charge < -0.3 is 64.2 Å². The monoisotopic (exact) mass is 879 g/mol. The van der Waals surface area contributed by atoms with Crippen LogP contribution in [0.25, 0.3) is 0 Å². The molecule has 15 heteroatoms. The molecule has 0 aromatic rings. The van der Waals surface area contributed by atoms with Crippen molar-refractivity contribution in [2.45, 2.75) is 171 Å². The van der Waals surface area contributed by atoms with E-state index in [0.717, 1.165) is 64.2 Å². The van der Waals surface area contributed by atoms with Gasteiger partial charge in [0.1, 0.15) is 55.4 Å². The number of carbonyl (C=O) groups excluding carboxylic acids is 2. The molecule has 352 valence electrons. The van der Waals surface area contributed by atoms with E-state index in [1.54, 1.807) is 0 Å². The third kappa shape index (κ3) is 22.9. The summed E-state index contributed by atoms with van der Waals surface area (Å²) in [5.41, 5.74) is 0. The number of unbranched alkanes of at least 4 members (excludes halogenated alkanes) is 8. The summed E-state index contributed by atoms with van der Waals surface area (Å²) in [7, 11) is 0. The van der Waals surface area contributed by atoms with Crippen molar-refractivity contribution in [3.63, 3.8) is 0 Å². The van der Waals surface area contributed by atoms with Crippen LogP contribution in [-0.4, -0.2) is 142 Å². The van der Waals surface area contributed by atoms with Crippen LogP contribution in [0.2, 0.25) is 0 Å². The van der Waals surface area contributed by atoms with Crippen LogP contribution in [0, 0.1) is 0 Å². The predicted molar refractivity (Wildman–Crippen MR) is 233 cm³/mol. The van der Waals surface area contributed by atoms with Crippen LogP contribution >= 0.6 is 0 Å². The van der Waals surface area contributed by atoms with E-state index in [-0.39, 0.29) is 19.4 Å². The first-order valence-corrected chi connectivity index (χ1v) is 22.3. The zero-order valence-corrected chi connectivity index (χ0v) is 36.6. The Morgan fingerprint density at radius 1 is 0.516 bits per heavy atom. The zero-order valence-electron chi connectivity index (χ0n) is 36.6. The Morgan fingerprint density at radius 3 is 1.53 bits per heavy atom. The van der Waals surface area contributed by atoms with Gasteiger partial charge in [-0.05, 0) is 51.4 Å². The van der Waals surface area contributed by atoms with E-state index in [1.165, 1.54) is 0 Å². The topological polar surface area (TPSA) is 231 Å². The summed E-state index contributed by atoms with van der Waals surface area (Å²) >= 11 is 0. The number of allylic oxidation sites excluding steroid dienone is 14. The highest BCUT2D eigenvalue weighted by atomic mass is 16.7. The van der Waals surface area contributed by atoms with Crippen molar-refractivity contribution in [1.29, 1.82) is 0 Å². The number of hydrogen-bond acceptors (Lipinski definition) is 15. The van der Waals surface area contributed by atoms with Gasteiger partial charge in [-0.25, -0.2) is 0 Å². The molecule has 0 aromatic heterocycles. The normalized spacial score (nSPS) is 27.9. The van der Waals surface area contributed by atoms with E-state index in [0.29, 0.717) is 12.8 Å². The maximum absolute atomic E-state index is 12.9. The average molecular weight is 879 g/mol. The first-order chi connectivity index (χ1) is 30.0. The summed E-state index contributed by atoms with van der Waals surface area (Å²) in [5.74, 6) is -1.01. The maximum Gasteiger partial charge on any atom is 0.306 e. The lowest BCUT2D eigenvalue weighted by molar-refractivity contribution is -0.332. The molecule has 0 bridgehead atoms. The quantitative estimate of drug-likeness (QED) is 0.0289. The molecule has 0 saturated carbocycles. The van der Waals surface area contributed by atoms with Crippen LogP contribution in [0.4, 0.5) is 0 Å². The SMILES string of the molecule is CC/C=C/C=C/C=C/C=C/CCCCCC(=O)OCC(CO[C@@H]1O[C@H](CO[C@@H]2O[C@H](CO)[C@H](O)C(O)C2O)[C@H](O)C(O)C1O)OC(=O)CCCCCCC/C=C/C=C/C=C/CC. The Hall–Kier alpha value is -3.32. The van der Waals surface area contributed by atoms with Crippen molar-refractivity contribution < 1.29 is 73.8 Å². The minimum Gasteiger partial charge on any atom is -0.462 e. The van der Waals surface area contributed by atoms with Crippen molar-refractivity contribution in [1.82, 2.24) is 0 Å². The van der Waals surface area contributed by atoms with Crippen LogP contribution in [0.15, 0.2) is 85.1 Å². The van der Waals surface area contributed by atoms with Crippen LogP contribution in [0.5, 0.6) is 0 Å². The molecule has 2 rings (SSSR count). The smallest absolute Gasteiger partial charge is 0.306 e. The fourth-order valence-electron chi connectivity index (χ4n) is 6.34. The highest BCUT2D eigenvalue weighted by Gasteiger charge is 2.47. The summed E-state index contributed by atoms with van der Waals surface area (Å²) in [6.07, 6.45) is 22.1. The van der Waals surface area contributed by atoms with Gasteiger partial charge in [0, 0.05) is 12.8 Å². The van der Waals surface area contributed by atoms with Gasteiger partial charge in [0.2, 0.25) is 0 Å². The van der Waals surface area contributed by atoms with Crippen LogP contribution in [0.3, 0.4) is 0 Å². The van der Waals surface area contributed by atoms with Gasteiger partial charge in [-0.2, -0.15) is 0 Å². The first-order valence-electron chi connectivity index (χ1n) is 22.3. The van der Waals surface area contributed by atoms with Gasteiger partial charge >= 0.3 is 11.9 Å². The fraction of sp³-hybridized carbons (Fsp3) is 0.660. The Kier molecular flexibility index (Phi) is 30.2. The number of esters is 2. The second-order valence-corrected chi connectivity index (χ2v) is 15.3. The number of hydrogen-bond donors (Lipinski definition) is 7. The average Bonchev–Trinajstić information content (AvgIpc) is 3.26. The number of rotatable bonds is 31. The van der Waals surface area contributed by atoms with E-state index in [1.807, 2.05) is 60.8 Å². The fourth-order valence-corrected chi connectivity index (χ4v) is 6.34. The molecule has 5 unspecified atom stereocenters. The second-order valence-electron chi connectivity index (χ2n) is 15.3. The molecule has 0 spiro atoms. The molecule has 2 heterocycles. The van der Waals surface area contributed by atoms with Gasteiger partial charge in [-0.15, -0.1) is 0 Å². The molecule has 62 heavy (non-hydrogen) atoms. The third-order valence-electron chi connectivity index (χ3n) is 10.0. The molecule has 2 fully saturated rings. The molecule has 15 nitrogen and oxygen atoms in total. The van der Waals surface area contributed by atoms with Gasteiger partial charge in [-0.1, -0.05) is 125 Å². The lowest BCUT2D eigenvalue weighted by atomic mass is 9.98. The van der Waals surface area contributed by atoms with Crippen molar-refractivity contribution in [2.75, 3.05) is 26.4 Å². The minimum absolute atomic E-state index is 0.127. The molecular formula is C47H74O15. The molecule has 0 radical (unpaired) electrons. The number of ether oxygens (including phenoxy) is 6. The summed E-state index contributed by atoms with van der Waals surface area (Å²) < 4.78 is 33.3. The van der Waals surface area contributed by atoms with Gasteiger partial charge in [0.25, 0.3) is 0 Å². The van der Waals surface area contributed by atoms with Crippen molar-refractivity contribution in [2.24, 2.45) is 0 Å². The molecule has 0 amide bonds. The third-order valence-corrected chi connectivity index (χ3v) is 10.0. The largest absolute Gasteiger partial charge is 0.462 e. The molecule has 0 aliphatic carbocycles. The Balaban J connectivity index is 1.90. The lowest BCUT2D eigenvalue weighted by Crippen LogP contribution is -2.61. The molecule has 0 aromatic carbocycles. The van der Waals surface area contributed by atoms with Gasteiger partial charge in [-0.3, -0.25) is 9.59 Å². The summed E-state index contributed by atoms with van der Waals surface area (Å²) in [6, 6.07) is 0. The summed E-state index contributed by atoms with van der Waals surface area (Å²) in [4.78, 5) is 25.6. The Bertz CT molecular complexity index is 1410. The Morgan fingerprint density at radius 2 is 0.968 bits per heavy atom. The van der Waals surface area contributed by atoms with Crippen molar-refractivity contribution >= 4 is 11.9 Å². The number of aliphatic hydroxyl groups excluding tert-OH is 7. The minimum atomic E-state index is -1.78. The molecule has 7 N–H and O–H groups in total. The molecule has 2 saturated heterocycles. The van der Waals surface area contributed by atoms with E-state index >= 15 is 0 Å². The second kappa shape index (κ2) is 34.1. The summed E-state index contributed by atoms with van der Waals surface area (Å²) in [5, 5.41) is 71.8. The molecule has 2 aliphatic heterocycles. The van der Waals surface area contributed by atoms with Gasteiger partial charge in [0.05, 0.1) is 19.8 Å².